The number of esters is 1. The van der Waals surface area contributed by atoms with Crippen LogP contribution in [-0.4, -0.2) is 39.2 Å². The maximum Gasteiger partial charge on any atom is 0.307 e. The van der Waals surface area contributed by atoms with Gasteiger partial charge in [-0.1, -0.05) is 18.2 Å². The second-order valence-electron chi connectivity index (χ2n) is 5.54. The molecule has 0 heterocycles. The average Bonchev–Trinajstić information content (AvgIpc) is 3.40. The van der Waals surface area contributed by atoms with E-state index in [-0.39, 0.29) is 29.9 Å². The highest BCUT2D eigenvalue weighted by molar-refractivity contribution is 14.0. The zero-order chi connectivity index (χ0) is 16.5. The molecule has 1 fully saturated rings. The van der Waals surface area contributed by atoms with E-state index in [2.05, 4.69) is 20.4 Å². The number of carbonyl (C=O) groups is 1. The van der Waals surface area contributed by atoms with E-state index < -0.39 is 0 Å². The highest BCUT2D eigenvalue weighted by atomic mass is 127. The predicted molar refractivity (Wildman–Crippen MR) is 105 cm³/mol. The number of ether oxygens (including phenoxy) is 2. The van der Waals surface area contributed by atoms with E-state index in [1.54, 1.807) is 7.05 Å². The summed E-state index contributed by atoms with van der Waals surface area (Å²) in [4.78, 5) is 15.2. The molecule has 0 aliphatic heterocycles. The predicted octanol–water partition coefficient (Wildman–Crippen LogP) is 2.32. The Morgan fingerprint density at radius 1 is 1.29 bits per heavy atom. The van der Waals surface area contributed by atoms with Crippen molar-refractivity contribution in [1.29, 1.82) is 0 Å². The van der Waals surface area contributed by atoms with E-state index in [1.165, 1.54) is 20.0 Å². The maximum absolute atomic E-state index is 11.1. The summed E-state index contributed by atoms with van der Waals surface area (Å²) in [6, 6.07) is 8.01. The van der Waals surface area contributed by atoms with Crippen LogP contribution >= 0.6 is 24.0 Å². The molecule has 24 heavy (non-hydrogen) atoms. The van der Waals surface area contributed by atoms with Gasteiger partial charge >= 0.3 is 5.97 Å². The van der Waals surface area contributed by atoms with Crippen LogP contribution in [0.5, 0.6) is 5.75 Å². The molecular weight excluding hydrogens is 421 g/mol. The van der Waals surface area contributed by atoms with Gasteiger partial charge < -0.3 is 20.1 Å². The van der Waals surface area contributed by atoms with Gasteiger partial charge in [0.25, 0.3) is 0 Å². The molecule has 0 bridgehead atoms. The van der Waals surface area contributed by atoms with Gasteiger partial charge in [-0.25, -0.2) is 0 Å². The minimum absolute atomic E-state index is 0. The number of nitrogens with zero attached hydrogens (tertiary/aromatic N) is 1. The third-order valence-corrected chi connectivity index (χ3v) is 3.66. The van der Waals surface area contributed by atoms with Crippen LogP contribution in [0, 0.1) is 5.92 Å². The first-order valence-electron chi connectivity index (χ1n) is 7.95. The Hall–Kier alpha value is -1.51. The van der Waals surface area contributed by atoms with Crippen molar-refractivity contribution < 1.29 is 14.3 Å². The van der Waals surface area contributed by atoms with Crippen LogP contribution in [0.3, 0.4) is 0 Å². The summed E-state index contributed by atoms with van der Waals surface area (Å²) in [6.45, 7) is 1.88. The van der Waals surface area contributed by atoms with Gasteiger partial charge in [-0.3, -0.25) is 9.79 Å². The van der Waals surface area contributed by atoms with E-state index >= 15 is 0 Å². The van der Waals surface area contributed by atoms with E-state index in [0.29, 0.717) is 25.5 Å². The van der Waals surface area contributed by atoms with Crippen LogP contribution < -0.4 is 15.4 Å². The van der Waals surface area contributed by atoms with Crippen LogP contribution in [0.25, 0.3) is 0 Å². The average molecular weight is 447 g/mol. The molecule has 6 nitrogen and oxygen atoms in total. The van der Waals surface area contributed by atoms with Crippen LogP contribution in [0.2, 0.25) is 0 Å². The van der Waals surface area contributed by atoms with Gasteiger partial charge in [0.05, 0.1) is 20.1 Å². The van der Waals surface area contributed by atoms with Gasteiger partial charge in [-0.05, 0) is 24.8 Å². The number of halogens is 1. The number of rotatable bonds is 8. The van der Waals surface area contributed by atoms with Crippen molar-refractivity contribution in [2.45, 2.75) is 25.8 Å². The lowest BCUT2D eigenvalue weighted by atomic mass is 10.2. The number of para-hydroxylation sites is 1. The van der Waals surface area contributed by atoms with Gasteiger partial charge in [0.15, 0.2) is 5.96 Å². The van der Waals surface area contributed by atoms with Crippen molar-refractivity contribution in [3.8, 4) is 5.75 Å². The largest absolute Gasteiger partial charge is 0.493 e. The molecule has 0 spiro atoms. The topological polar surface area (TPSA) is 72.0 Å². The second kappa shape index (κ2) is 11.1. The summed E-state index contributed by atoms with van der Waals surface area (Å²) in [6.07, 6.45) is 2.85. The van der Waals surface area contributed by atoms with Crippen LogP contribution in [-0.2, 0) is 16.1 Å². The Labute approximate surface area is 160 Å². The van der Waals surface area contributed by atoms with Crippen molar-refractivity contribution in [3.05, 3.63) is 29.8 Å². The molecular formula is C17H26IN3O3. The lowest BCUT2D eigenvalue weighted by molar-refractivity contribution is -0.140. The van der Waals surface area contributed by atoms with Crippen LogP contribution in [0.15, 0.2) is 29.3 Å². The molecule has 1 saturated carbocycles. The Bertz CT molecular complexity index is 548. The first-order valence-corrected chi connectivity index (χ1v) is 7.95. The summed E-state index contributed by atoms with van der Waals surface area (Å²) in [7, 11) is 3.08. The van der Waals surface area contributed by atoms with E-state index in [9.17, 15) is 4.79 Å². The van der Waals surface area contributed by atoms with Crippen LogP contribution in [0.1, 0.15) is 24.8 Å². The summed E-state index contributed by atoms with van der Waals surface area (Å²) in [5.41, 5.74) is 1.09. The number of aliphatic imine (C=N–C) groups is 1. The Balaban J connectivity index is 0.00000288. The zero-order valence-electron chi connectivity index (χ0n) is 14.2. The van der Waals surface area contributed by atoms with Crippen molar-refractivity contribution >= 4 is 35.9 Å². The first kappa shape index (κ1) is 20.5. The molecule has 1 aromatic carbocycles. The molecule has 0 aromatic heterocycles. The van der Waals surface area contributed by atoms with Crippen LogP contribution in [0.4, 0.5) is 0 Å². The lowest BCUT2D eigenvalue weighted by Gasteiger charge is -2.14. The fourth-order valence-corrected chi connectivity index (χ4v) is 2.07. The number of guanidine groups is 1. The molecule has 0 saturated heterocycles. The molecule has 134 valence electrons. The highest BCUT2D eigenvalue weighted by Gasteiger charge is 2.22. The fourth-order valence-electron chi connectivity index (χ4n) is 2.07. The molecule has 0 atom stereocenters. The van der Waals surface area contributed by atoms with Gasteiger partial charge in [0, 0.05) is 25.7 Å². The van der Waals surface area contributed by atoms with Crippen molar-refractivity contribution in [2.24, 2.45) is 10.9 Å². The fraction of sp³-hybridized carbons (Fsp3) is 0.529. The molecule has 1 aliphatic carbocycles. The molecule has 2 N–H and O–H groups in total. The molecule has 1 aliphatic rings. The highest BCUT2D eigenvalue weighted by Crippen LogP contribution is 2.30. The van der Waals surface area contributed by atoms with Gasteiger partial charge in [0.2, 0.25) is 0 Å². The number of benzene rings is 1. The summed E-state index contributed by atoms with van der Waals surface area (Å²) in [5.74, 6) is 2.04. The Morgan fingerprint density at radius 3 is 2.71 bits per heavy atom. The monoisotopic (exact) mass is 447 g/mol. The number of carbonyl (C=O) groups excluding carboxylic acids is 1. The Morgan fingerprint density at radius 2 is 2.04 bits per heavy atom. The quantitative estimate of drug-likeness (QED) is 0.277. The summed E-state index contributed by atoms with van der Waals surface area (Å²) < 4.78 is 10.5. The van der Waals surface area contributed by atoms with E-state index in [1.807, 2.05) is 24.3 Å². The first-order chi connectivity index (χ1) is 11.2. The normalized spacial score (nSPS) is 13.7. The standard InChI is InChI=1S/C17H25N3O3.HI/c1-18-17(19-10-9-16(21)22-2)20-11-14-5-3-4-6-15(14)23-12-13-7-8-13;/h3-6,13H,7-12H2,1-2H3,(H2,18,19,20);1H. The minimum atomic E-state index is -0.244. The van der Waals surface area contributed by atoms with E-state index in [0.717, 1.165) is 23.8 Å². The van der Waals surface area contributed by atoms with E-state index in [4.69, 9.17) is 4.74 Å². The molecule has 1 aromatic rings. The van der Waals surface area contributed by atoms with Gasteiger partial charge in [-0.15, -0.1) is 24.0 Å². The summed E-state index contributed by atoms with van der Waals surface area (Å²) >= 11 is 0. The minimum Gasteiger partial charge on any atom is -0.493 e. The third-order valence-electron chi connectivity index (χ3n) is 3.66. The summed E-state index contributed by atoms with van der Waals surface area (Å²) in [5, 5.41) is 6.31. The Kier molecular flexibility index (Phi) is 9.51. The van der Waals surface area contributed by atoms with Gasteiger partial charge in [-0.2, -0.15) is 0 Å². The van der Waals surface area contributed by atoms with Crippen molar-refractivity contribution in [3.63, 3.8) is 0 Å². The number of nitrogens with one attached hydrogen (secondary N) is 2. The molecule has 0 amide bonds. The molecule has 0 unspecified atom stereocenters. The van der Waals surface area contributed by atoms with Crippen molar-refractivity contribution in [1.82, 2.24) is 10.6 Å². The SMILES string of the molecule is CN=C(NCCC(=O)OC)NCc1ccccc1OCC1CC1.I. The van der Waals surface area contributed by atoms with Gasteiger partial charge in [0.1, 0.15) is 5.75 Å². The second-order valence-corrected chi connectivity index (χ2v) is 5.54. The zero-order valence-corrected chi connectivity index (χ0v) is 16.5. The number of methoxy groups -OCH3 is 1. The van der Waals surface area contributed by atoms with Crippen molar-refractivity contribution in [2.75, 3.05) is 27.3 Å². The number of hydrogen-bond acceptors (Lipinski definition) is 4. The molecule has 0 radical (unpaired) electrons. The third kappa shape index (κ3) is 7.37. The lowest BCUT2D eigenvalue weighted by Crippen LogP contribution is -2.38. The maximum atomic E-state index is 11.1. The smallest absolute Gasteiger partial charge is 0.307 e. The molecule has 7 heteroatoms. The molecule has 2 rings (SSSR count). The number of hydrogen-bond donors (Lipinski definition) is 2.